The Labute approximate surface area is 109 Å². The van der Waals surface area contributed by atoms with Gasteiger partial charge in [-0.25, -0.2) is 8.42 Å². The molecule has 0 aliphatic carbocycles. The summed E-state index contributed by atoms with van der Waals surface area (Å²) in [6, 6.07) is 0. The second-order valence-electron chi connectivity index (χ2n) is 5.10. The molecular weight excluding hydrogens is 256 g/mol. The molecule has 0 unspecified atom stereocenters. The molecule has 2 aliphatic rings. The summed E-state index contributed by atoms with van der Waals surface area (Å²) in [7, 11) is -3.18. The number of hydrogen-bond acceptors (Lipinski definition) is 5. The van der Waals surface area contributed by atoms with Crippen LogP contribution in [-0.2, 0) is 14.8 Å². The number of β-amino-alcohol motifs (C(OH)–C–C–N with tert-alkyl or cyclic N) is 1. The summed E-state index contributed by atoms with van der Waals surface area (Å²) in [5.74, 6) is 0.0979. The quantitative estimate of drug-likeness (QED) is 0.722. The zero-order valence-electron chi connectivity index (χ0n) is 10.8. The SMILES string of the molecule is CCS(=O)(=O)N1CC[C@](O)(CN2CCOCC2)C1. The lowest BCUT2D eigenvalue weighted by Crippen LogP contribution is -2.49. The van der Waals surface area contributed by atoms with Crippen LogP contribution in [0.25, 0.3) is 0 Å². The van der Waals surface area contributed by atoms with Gasteiger partial charge in [0.15, 0.2) is 0 Å². The van der Waals surface area contributed by atoms with Crippen molar-refractivity contribution in [3.05, 3.63) is 0 Å². The third kappa shape index (κ3) is 3.21. The minimum atomic E-state index is -3.18. The van der Waals surface area contributed by atoms with Crippen molar-refractivity contribution in [3.8, 4) is 0 Å². The average molecular weight is 278 g/mol. The van der Waals surface area contributed by atoms with Gasteiger partial charge in [-0.1, -0.05) is 0 Å². The fourth-order valence-corrected chi connectivity index (χ4v) is 3.72. The normalized spacial score (nSPS) is 31.9. The smallest absolute Gasteiger partial charge is 0.213 e. The summed E-state index contributed by atoms with van der Waals surface area (Å²) in [6.45, 7) is 5.81. The zero-order valence-corrected chi connectivity index (χ0v) is 11.7. The number of rotatable bonds is 4. The van der Waals surface area contributed by atoms with Crippen LogP contribution in [0.15, 0.2) is 0 Å². The van der Waals surface area contributed by atoms with Gasteiger partial charge in [0.1, 0.15) is 0 Å². The van der Waals surface area contributed by atoms with Gasteiger partial charge in [0.2, 0.25) is 10.0 Å². The lowest BCUT2D eigenvalue weighted by atomic mass is 10.0. The van der Waals surface area contributed by atoms with Gasteiger partial charge in [0.25, 0.3) is 0 Å². The number of aliphatic hydroxyl groups is 1. The van der Waals surface area contributed by atoms with Crippen molar-refractivity contribution < 1.29 is 18.3 Å². The van der Waals surface area contributed by atoms with Crippen molar-refractivity contribution in [1.82, 2.24) is 9.21 Å². The summed E-state index contributed by atoms with van der Waals surface area (Å²) in [6.07, 6.45) is 0.517. The van der Waals surface area contributed by atoms with E-state index in [9.17, 15) is 13.5 Å². The van der Waals surface area contributed by atoms with Gasteiger partial charge in [-0.2, -0.15) is 4.31 Å². The van der Waals surface area contributed by atoms with Crippen molar-refractivity contribution in [2.45, 2.75) is 18.9 Å². The molecule has 0 aromatic heterocycles. The predicted molar refractivity (Wildman–Crippen MR) is 67.9 cm³/mol. The Kier molecular flexibility index (Phi) is 4.28. The first kappa shape index (κ1) is 14.2. The van der Waals surface area contributed by atoms with E-state index in [0.29, 0.717) is 32.7 Å². The minimum absolute atomic E-state index is 0.0979. The molecule has 1 N–H and O–H groups in total. The fourth-order valence-electron chi connectivity index (χ4n) is 2.54. The molecule has 106 valence electrons. The van der Waals surface area contributed by atoms with Crippen LogP contribution in [0.3, 0.4) is 0 Å². The maximum absolute atomic E-state index is 11.8. The molecule has 0 bridgehead atoms. The first-order valence-electron chi connectivity index (χ1n) is 6.45. The highest BCUT2D eigenvalue weighted by atomic mass is 32.2. The predicted octanol–water partition coefficient (Wildman–Crippen LogP) is -0.895. The van der Waals surface area contributed by atoms with E-state index in [2.05, 4.69) is 4.90 Å². The van der Waals surface area contributed by atoms with E-state index in [4.69, 9.17) is 4.74 Å². The van der Waals surface area contributed by atoms with Crippen molar-refractivity contribution in [1.29, 1.82) is 0 Å². The largest absolute Gasteiger partial charge is 0.387 e. The molecule has 0 radical (unpaired) electrons. The number of nitrogens with zero attached hydrogens (tertiary/aromatic N) is 2. The van der Waals surface area contributed by atoms with Gasteiger partial charge in [-0.05, 0) is 13.3 Å². The second-order valence-corrected chi connectivity index (χ2v) is 7.35. The monoisotopic (exact) mass is 278 g/mol. The van der Waals surface area contributed by atoms with Crippen molar-refractivity contribution >= 4 is 10.0 Å². The maximum atomic E-state index is 11.8. The van der Waals surface area contributed by atoms with E-state index in [0.717, 1.165) is 13.1 Å². The molecule has 1 atom stereocenters. The zero-order chi connectivity index (χ0) is 13.2. The molecule has 2 aliphatic heterocycles. The Morgan fingerprint density at radius 2 is 1.94 bits per heavy atom. The topological polar surface area (TPSA) is 70.1 Å². The highest BCUT2D eigenvalue weighted by Gasteiger charge is 2.41. The van der Waals surface area contributed by atoms with E-state index in [1.807, 2.05) is 0 Å². The molecule has 7 heteroatoms. The summed E-state index contributed by atoms with van der Waals surface area (Å²) < 4.78 is 30.2. The third-order valence-electron chi connectivity index (χ3n) is 3.68. The number of hydrogen-bond donors (Lipinski definition) is 1. The molecule has 2 rings (SSSR count). The first-order chi connectivity index (χ1) is 8.45. The Balaban J connectivity index is 1.93. The van der Waals surface area contributed by atoms with Crippen molar-refractivity contribution in [2.75, 3.05) is 51.7 Å². The number of sulfonamides is 1. The third-order valence-corrected chi connectivity index (χ3v) is 5.51. The highest BCUT2D eigenvalue weighted by molar-refractivity contribution is 7.89. The average Bonchev–Trinajstić information content (AvgIpc) is 2.73. The van der Waals surface area contributed by atoms with E-state index in [1.54, 1.807) is 6.92 Å². The Morgan fingerprint density at radius 1 is 1.28 bits per heavy atom. The van der Waals surface area contributed by atoms with Crippen LogP contribution in [-0.4, -0.2) is 80.0 Å². The molecule has 18 heavy (non-hydrogen) atoms. The molecule has 0 spiro atoms. The van der Waals surface area contributed by atoms with Gasteiger partial charge >= 0.3 is 0 Å². The molecule has 6 nitrogen and oxygen atoms in total. The van der Waals surface area contributed by atoms with Crippen LogP contribution in [0, 0.1) is 0 Å². The van der Waals surface area contributed by atoms with Gasteiger partial charge in [-0.3, -0.25) is 4.90 Å². The molecule has 2 fully saturated rings. The van der Waals surface area contributed by atoms with Crippen LogP contribution in [0.4, 0.5) is 0 Å². The standard InChI is InChI=1S/C11H22N2O4S/c1-2-18(15,16)13-4-3-11(14,10-13)9-12-5-7-17-8-6-12/h14H,2-10H2,1H3/t11-/m0/s1. The molecular formula is C11H22N2O4S. The lowest BCUT2D eigenvalue weighted by Gasteiger charge is -2.33. The van der Waals surface area contributed by atoms with Gasteiger partial charge in [-0.15, -0.1) is 0 Å². The van der Waals surface area contributed by atoms with Crippen LogP contribution < -0.4 is 0 Å². The highest BCUT2D eigenvalue weighted by Crippen LogP contribution is 2.25. The molecule has 2 heterocycles. The van der Waals surface area contributed by atoms with E-state index in [1.165, 1.54) is 4.31 Å². The van der Waals surface area contributed by atoms with Crippen LogP contribution in [0.2, 0.25) is 0 Å². The molecule has 0 amide bonds. The summed E-state index contributed by atoms with van der Waals surface area (Å²) in [5.41, 5.74) is -0.903. The second kappa shape index (κ2) is 5.42. The van der Waals surface area contributed by atoms with E-state index < -0.39 is 15.6 Å². The van der Waals surface area contributed by atoms with E-state index in [-0.39, 0.29) is 12.3 Å². The van der Waals surface area contributed by atoms with Crippen LogP contribution in [0.1, 0.15) is 13.3 Å². The van der Waals surface area contributed by atoms with Crippen LogP contribution >= 0.6 is 0 Å². The first-order valence-corrected chi connectivity index (χ1v) is 8.06. The van der Waals surface area contributed by atoms with Gasteiger partial charge in [0, 0.05) is 32.7 Å². The van der Waals surface area contributed by atoms with Crippen molar-refractivity contribution in [2.24, 2.45) is 0 Å². The molecule has 0 aromatic rings. The van der Waals surface area contributed by atoms with Gasteiger partial charge in [0.05, 0.1) is 24.6 Å². The maximum Gasteiger partial charge on any atom is 0.213 e. The lowest BCUT2D eigenvalue weighted by molar-refractivity contribution is -0.0239. The number of morpholine rings is 1. The minimum Gasteiger partial charge on any atom is -0.387 e. The Morgan fingerprint density at radius 3 is 2.56 bits per heavy atom. The Bertz CT molecular complexity index is 381. The summed E-state index contributed by atoms with van der Waals surface area (Å²) >= 11 is 0. The van der Waals surface area contributed by atoms with Gasteiger partial charge < -0.3 is 9.84 Å². The molecule has 2 saturated heterocycles. The summed E-state index contributed by atoms with van der Waals surface area (Å²) in [5, 5.41) is 10.5. The van der Waals surface area contributed by atoms with Crippen molar-refractivity contribution in [3.63, 3.8) is 0 Å². The summed E-state index contributed by atoms with van der Waals surface area (Å²) in [4.78, 5) is 2.14. The number of ether oxygens (including phenoxy) is 1. The van der Waals surface area contributed by atoms with E-state index >= 15 is 0 Å². The fraction of sp³-hybridized carbons (Fsp3) is 1.00. The molecule has 0 saturated carbocycles. The molecule has 0 aromatic carbocycles. The van der Waals surface area contributed by atoms with Crippen LogP contribution in [0.5, 0.6) is 0 Å². The Hall–Kier alpha value is -0.210.